The summed E-state index contributed by atoms with van der Waals surface area (Å²) in [6.07, 6.45) is 9.69. The van der Waals surface area contributed by atoms with Gasteiger partial charge in [-0.1, -0.05) is 24.3 Å². The van der Waals surface area contributed by atoms with Gasteiger partial charge >= 0.3 is 5.97 Å². The second kappa shape index (κ2) is 11.2. The van der Waals surface area contributed by atoms with Crippen LogP contribution in [0.3, 0.4) is 0 Å². The maximum atomic E-state index is 10.5. The Kier molecular flexibility index (Phi) is 9.64. The molecule has 5 atom stereocenters. The third-order valence-corrected chi connectivity index (χ3v) is 4.86. The van der Waals surface area contributed by atoms with Gasteiger partial charge in [0.2, 0.25) is 0 Å². The molecule has 4 N–H and O–H groups in total. The van der Waals surface area contributed by atoms with Crippen LogP contribution in [-0.4, -0.2) is 44.2 Å². The molecule has 0 aliphatic heterocycles. The molecule has 0 radical (unpaired) electrons. The lowest BCUT2D eigenvalue weighted by atomic mass is 9.88. The van der Waals surface area contributed by atoms with E-state index in [1.807, 2.05) is 18.2 Å². The van der Waals surface area contributed by atoms with Crippen molar-refractivity contribution in [1.29, 1.82) is 0 Å². The monoisotopic (exact) mass is 364 g/mol. The first-order chi connectivity index (χ1) is 12.3. The molecule has 146 valence electrons. The Morgan fingerprint density at radius 2 is 2.00 bits per heavy atom. The number of allylic oxidation sites excluding steroid dienone is 2. The fourth-order valence-electron chi connectivity index (χ4n) is 3.29. The molecule has 0 aromatic carbocycles. The van der Waals surface area contributed by atoms with Gasteiger partial charge in [0.05, 0.1) is 17.8 Å². The van der Waals surface area contributed by atoms with Crippen LogP contribution in [0.4, 0.5) is 0 Å². The summed E-state index contributed by atoms with van der Waals surface area (Å²) in [6.45, 7) is 3.48. The van der Waals surface area contributed by atoms with Gasteiger partial charge < -0.3 is 20.4 Å². The molecular formula is C21H32O5. The van der Waals surface area contributed by atoms with Crippen molar-refractivity contribution in [2.75, 3.05) is 0 Å². The molecule has 1 saturated carbocycles. The SMILES string of the molecule is CC#CCCC(C)(O)/C=C/[C@@H]1[C@@H](C/C=C\CCCC(=O)O)[C@@H](O)C[C@H]1O. The number of rotatable bonds is 10. The van der Waals surface area contributed by atoms with Gasteiger partial charge in [-0.3, -0.25) is 4.79 Å². The van der Waals surface area contributed by atoms with Gasteiger partial charge in [0.25, 0.3) is 0 Å². The highest BCUT2D eigenvalue weighted by molar-refractivity contribution is 5.66. The van der Waals surface area contributed by atoms with Gasteiger partial charge in [-0.25, -0.2) is 0 Å². The van der Waals surface area contributed by atoms with E-state index in [0.717, 1.165) is 0 Å². The van der Waals surface area contributed by atoms with Crippen molar-refractivity contribution in [2.24, 2.45) is 11.8 Å². The third kappa shape index (κ3) is 8.18. The molecule has 0 bridgehead atoms. The number of aliphatic hydroxyl groups is 3. The summed E-state index contributed by atoms with van der Waals surface area (Å²) >= 11 is 0. The van der Waals surface area contributed by atoms with Crippen molar-refractivity contribution in [2.45, 2.75) is 76.6 Å². The van der Waals surface area contributed by atoms with E-state index < -0.39 is 23.8 Å². The first-order valence-corrected chi connectivity index (χ1v) is 9.31. The highest BCUT2D eigenvalue weighted by Gasteiger charge is 2.39. The molecule has 5 heteroatoms. The van der Waals surface area contributed by atoms with Crippen molar-refractivity contribution in [1.82, 2.24) is 0 Å². The zero-order valence-corrected chi connectivity index (χ0v) is 15.8. The van der Waals surface area contributed by atoms with Crippen molar-refractivity contribution in [3.05, 3.63) is 24.3 Å². The van der Waals surface area contributed by atoms with Crippen molar-refractivity contribution >= 4 is 5.97 Å². The quantitative estimate of drug-likeness (QED) is 0.271. The maximum absolute atomic E-state index is 10.5. The van der Waals surface area contributed by atoms with Gasteiger partial charge in [0.15, 0.2) is 0 Å². The fourth-order valence-corrected chi connectivity index (χ4v) is 3.29. The van der Waals surface area contributed by atoms with Gasteiger partial charge in [-0.15, -0.1) is 11.8 Å². The van der Waals surface area contributed by atoms with Crippen LogP contribution in [0.25, 0.3) is 0 Å². The maximum Gasteiger partial charge on any atom is 0.303 e. The van der Waals surface area contributed by atoms with E-state index in [1.165, 1.54) is 0 Å². The molecule has 1 fully saturated rings. The smallest absolute Gasteiger partial charge is 0.303 e. The number of carbonyl (C=O) groups is 1. The minimum absolute atomic E-state index is 0.108. The van der Waals surface area contributed by atoms with E-state index in [9.17, 15) is 20.1 Å². The molecule has 0 spiro atoms. The summed E-state index contributed by atoms with van der Waals surface area (Å²) in [4.78, 5) is 10.5. The van der Waals surface area contributed by atoms with Crippen LogP contribution in [0.2, 0.25) is 0 Å². The Morgan fingerprint density at radius 1 is 1.27 bits per heavy atom. The van der Waals surface area contributed by atoms with Crippen LogP contribution < -0.4 is 0 Å². The third-order valence-electron chi connectivity index (χ3n) is 4.86. The van der Waals surface area contributed by atoms with E-state index in [2.05, 4.69) is 11.8 Å². The minimum Gasteiger partial charge on any atom is -0.481 e. The molecule has 1 unspecified atom stereocenters. The first-order valence-electron chi connectivity index (χ1n) is 9.31. The normalized spacial score (nSPS) is 28.2. The summed E-state index contributed by atoms with van der Waals surface area (Å²) in [6, 6.07) is 0. The Labute approximate surface area is 156 Å². The molecule has 0 amide bonds. The highest BCUT2D eigenvalue weighted by atomic mass is 16.4. The van der Waals surface area contributed by atoms with Crippen molar-refractivity contribution in [3.8, 4) is 11.8 Å². The number of carboxylic acid groups (broad SMARTS) is 1. The lowest BCUT2D eigenvalue weighted by Crippen LogP contribution is -2.24. The van der Waals surface area contributed by atoms with Crippen LogP contribution in [0.5, 0.6) is 0 Å². The second-order valence-corrected chi connectivity index (χ2v) is 7.25. The van der Waals surface area contributed by atoms with Crippen molar-refractivity contribution in [3.63, 3.8) is 0 Å². The Balaban J connectivity index is 2.60. The van der Waals surface area contributed by atoms with Crippen LogP contribution >= 0.6 is 0 Å². The average Bonchev–Trinajstić information content (AvgIpc) is 2.82. The molecule has 0 aromatic rings. The van der Waals surface area contributed by atoms with Crippen LogP contribution in [0, 0.1) is 23.7 Å². The average molecular weight is 364 g/mol. The molecule has 0 heterocycles. The molecule has 26 heavy (non-hydrogen) atoms. The Morgan fingerprint density at radius 3 is 2.65 bits per heavy atom. The predicted molar refractivity (Wildman–Crippen MR) is 101 cm³/mol. The summed E-state index contributed by atoms with van der Waals surface area (Å²) in [5, 5.41) is 39.5. The molecule has 1 aliphatic rings. The minimum atomic E-state index is -0.992. The number of unbranched alkanes of at least 4 members (excludes halogenated alkanes) is 1. The largest absolute Gasteiger partial charge is 0.481 e. The Hall–Kier alpha value is -1.61. The summed E-state index contributed by atoms with van der Waals surface area (Å²) in [5.74, 6) is 4.62. The molecule has 0 saturated heterocycles. The first kappa shape index (κ1) is 22.4. The molecule has 1 aliphatic carbocycles. The Bertz CT molecular complexity index is 552. The number of aliphatic hydroxyl groups excluding tert-OH is 2. The van der Waals surface area contributed by atoms with Gasteiger partial charge in [0.1, 0.15) is 0 Å². The second-order valence-electron chi connectivity index (χ2n) is 7.25. The number of carboxylic acids is 1. The predicted octanol–water partition coefficient (Wildman–Crippen LogP) is 2.66. The lowest BCUT2D eigenvalue weighted by molar-refractivity contribution is -0.137. The number of hydrogen-bond donors (Lipinski definition) is 4. The standard InChI is InChI=1S/C21H32O5/c1-3-4-9-13-21(2,26)14-12-17-16(18(22)15-19(17)23)10-7-5-6-8-11-20(24)25/h5,7,12,14,16-19,22-23,26H,6,8-11,13,15H2,1-2H3,(H,24,25)/b7-5-,14-12+/t16-,17-,18+,19-,21?/m1/s1. The van der Waals surface area contributed by atoms with Gasteiger partial charge in [-0.05, 0) is 45.4 Å². The van der Waals surface area contributed by atoms with E-state index in [0.29, 0.717) is 38.5 Å². The van der Waals surface area contributed by atoms with E-state index >= 15 is 0 Å². The van der Waals surface area contributed by atoms with Crippen LogP contribution in [-0.2, 0) is 4.79 Å². The van der Waals surface area contributed by atoms with Gasteiger partial charge in [0, 0.05) is 25.2 Å². The number of aliphatic carboxylic acids is 1. The van der Waals surface area contributed by atoms with Gasteiger partial charge in [-0.2, -0.15) is 0 Å². The molecule has 0 aromatic heterocycles. The van der Waals surface area contributed by atoms with E-state index in [4.69, 9.17) is 5.11 Å². The van der Waals surface area contributed by atoms with Crippen LogP contribution in [0.1, 0.15) is 58.8 Å². The summed E-state index contributed by atoms with van der Waals surface area (Å²) < 4.78 is 0. The summed E-state index contributed by atoms with van der Waals surface area (Å²) in [7, 11) is 0. The summed E-state index contributed by atoms with van der Waals surface area (Å²) in [5.41, 5.74) is -0.992. The number of hydrogen-bond acceptors (Lipinski definition) is 4. The van der Waals surface area contributed by atoms with E-state index in [-0.39, 0.29) is 18.3 Å². The molecule has 1 rings (SSSR count). The highest BCUT2D eigenvalue weighted by Crippen LogP contribution is 2.36. The fraction of sp³-hybridized carbons (Fsp3) is 0.667. The van der Waals surface area contributed by atoms with E-state index in [1.54, 1.807) is 19.9 Å². The lowest BCUT2D eigenvalue weighted by Gasteiger charge is -2.22. The van der Waals surface area contributed by atoms with Crippen molar-refractivity contribution < 1.29 is 25.2 Å². The molecule has 5 nitrogen and oxygen atoms in total. The zero-order valence-electron chi connectivity index (χ0n) is 15.8. The zero-order chi connectivity index (χ0) is 19.6. The molecular weight excluding hydrogens is 332 g/mol. The van der Waals surface area contributed by atoms with Crippen LogP contribution in [0.15, 0.2) is 24.3 Å². The topological polar surface area (TPSA) is 98.0 Å².